The van der Waals surface area contributed by atoms with Crippen LogP contribution in [0.25, 0.3) is 0 Å². The lowest BCUT2D eigenvalue weighted by molar-refractivity contribution is 0.224. The smallest absolute Gasteiger partial charge is 0.0847 e. The number of nitrogens with one attached hydrogen (secondary N) is 1. The summed E-state index contributed by atoms with van der Waals surface area (Å²) in [4.78, 5) is 0. The molecule has 1 heterocycles. The monoisotopic (exact) mass is 285 g/mol. The first-order valence-electron chi connectivity index (χ1n) is 7.02. The lowest BCUT2D eigenvalue weighted by Crippen LogP contribution is -2.33. The molecule has 4 heteroatoms. The zero-order chi connectivity index (χ0) is 14.8. The average molecular weight is 286 g/mol. The Labute approximate surface area is 122 Å². The Morgan fingerprint density at radius 3 is 2.32 bits per heavy atom. The molecule has 0 fully saturated rings. The van der Waals surface area contributed by atoms with E-state index < -0.39 is 0 Å². The van der Waals surface area contributed by atoms with Crippen molar-refractivity contribution in [2.24, 2.45) is 18.4 Å². The van der Waals surface area contributed by atoms with Gasteiger partial charge in [0.1, 0.15) is 0 Å². The van der Waals surface area contributed by atoms with E-state index in [1.807, 2.05) is 25.7 Å². The zero-order valence-corrected chi connectivity index (χ0v) is 14.1. The molecule has 2 atom stereocenters. The van der Waals surface area contributed by atoms with E-state index in [9.17, 15) is 0 Å². The van der Waals surface area contributed by atoms with Gasteiger partial charge in [-0.2, -0.15) is 5.10 Å². The van der Waals surface area contributed by atoms with Crippen molar-refractivity contribution in [3.8, 4) is 0 Å². The predicted molar refractivity (Wildman–Crippen MR) is 82.7 cm³/mol. The van der Waals surface area contributed by atoms with Crippen LogP contribution >= 0.6 is 11.6 Å². The first kappa shape index (κ1) is 16.5. The van der Waals surface area contributed by atoms with Crippen molar-refractivity contribution < 1.29 is 0 Å². The molecular weight excluding hydrogens is 258 g/mol. The molecule has 0 amide bonds. The molecule has 0 aliphatic carbocycles. The number of hydrogen-bond donors (Lipinski definition) is 1. The highest BCUT2D eigenvalue weighted by Crippen LogP contribution is 2.30. The minimum atomic E-state index is 0.335. The maximum absolute atomic E-state index is 6.33. The molecule has 0 saturated carbocycles. The van der Waals surface area contributed by atoms with Gasteiger partial charge in [0.05, 0.1) is 16.4 Å². The van der Waals surface area contributed by atoms with E-state index >= 15 is 0 Å². The summed E-state index contributed by atoms with van der Waals surface area (Å²) in [5, 5.41) is 8.61. The standard InChI is InChI=1S/C15H28ClN3/c1-10(15(3,4)5)8-12(17-6)9-13-14(16)11(2)18-19(13)7/h10,12,17H,8-9H2,1-7H3. The Balaban J connectivity index is 2.77. The number of likely N-dealkylation sites (N-methyl/N-ethyl adjacent to an activating group) is 1. The lowest BCUT2D eigenvalue weighted by Gasteiger charge is -2.30. The molecule has 0 bridgehead atoms. The van der Waals surface area contributed by atoms with E-state index in [1.54, 1.807) is 0 Å². The maximum atomic E-state index is 6.33. The highest BCUT2D eigenvalue weighted by molar-refractivity contribution is 6.31. The molecular formula is C15H28ClN3. The number of hydrogen-bond acceptors (Lipinski definition) is 2. The molecule has 1 N–H and O–H groups in total. The molecule has 1 aromatic rings. The zero-order valence-electron chi connectivity index (χ0n) is 13.3. The molecule has 0 aliphatic heterocycles. The molecule has 0 radical (unpaired) electrons. The molecule has 19 heavy (non-hydrogen) atoms. The van der Waals surface area contributed by atoms with Crippen LogP contribution in [0.4, 0.5) is 0 Å². The van der Waals surface area contributed by atoms with Crippen molar-refractivity contribution in [2.45, 2.75) is 53.5 Å². The van der Waals surface area contributed by atoms with Crippen LogP contribution in [0.1, 0.15) is 45.5 Å². The van der Waals surface area contributed by atoms with Gasteiger partial charge in [-0.15, -0.1) is 0 Å². The Morgan fingerprint density at radius 2 is 1.95 bits per heavy atom. The number of rotatable bonds is 5. The molecule has 0 aromatic carbocycles. The quantitative estimate of drug-likeness (QED) is 0.896. The van der Waals surface area contributed by atoms with E-state index in [1.165, 1.54) is 0 Å². The first-order chi connectivity index (χ1) is 8.66. The second-order valence-corrected chi connectivity index (χ2v) is 7.04. The van der Waals surface area contributed by atoms with Crippen molar-refractivity contribution in [1.82, 2.24) is 15.1 Å². The van der Waals surface area contributed by atoms with Crippen LogP contribution in [0, 0.1) is 18.3 Å². The number of aryl methyl sites for hydroxylation is 2. The van der Waals surface area contributed by atoms with Crippen LogP contribution in [-0.2, 0) is 13.5 Å². The summed E-state index contributed by atoms with van der Waals surface area (Å²) in [5.74, 6) is 0.651. The fourth-order valence-electron chi connectivity index (χ4n) is 2.22. The van der Waals surface area contributed by atoms with Crippen LogP contribution in [0.3, 0.4) is 0 Å². The van der Waals surface area contributed by atoms with Crippen molar-refractivity contribution >= 4 is 11.6 Å². The molecule has 110 valence electrons. The van der Waals surface area contributed by atoms with Crippen molar-refractivity contribution in [3.05, 3.63) is 16.4 Å². The van der Waals surface area contributed by atoms with E-state index in [0.29, 0.717) is 17.4 Å². The van der Waals surface area contributed by atoms with Gasteiger partial charge in [-0.05, 0) is 31.7 Å². The summed E-state index contributed by atoms with van der Waals surface area (Å²) < 4.78 is 1.91. The third kappa shape index (κ3) is 4.22. The lowest BCUT2D eigenvalue weighted by atomic mass is 9.78. The highest BCUT2D eigenvalue weighted by Gasteiger charge is 2.24. The maximum Gasteiger partial charge on any atom is 0.0847 e. The average Bonchev–Trinajstić information content (AvgIpc) is 2.53. The summed E-state index contributed by atoms with van der Waals surface area (Å²) in [6.07, 6.45) is 2.06. The second kappa shape index (κ2) is 6.27. The Hall–Kier alpha value is -0.540. The van der Waals surface area contributed by atoms with E-state index in [-0.39, 0.29) is 0 Å². The van der Waals surface area contributed by atoms with Crippen LogP contribution in [0.15, 0.2) is 0 Å². The predicted octanol–water partition coefficient (Wildman–Crippen LogP) is 3.58. The summed E-state index contributed by atoms with van der Waals surface area (Å²) >= 11 is 6.33. The SMILES string of the molecule is CNC(Cc1c(Cl)c(C)nn1C)CC(C)C(C)(C)C. The third-order valence-electron chi connectivity index (χ3n) is 4.23. The molecule has 0 saturated heterocycles. The molecule has 2 unspecified atom stereocenters. The minimum Gasteiger partial charge on any atom is -0.317 e. The Bertz CT molecular complexity index is 418. The third-order valence-corrected chi connectivity index (χ3v) is 4.72. The topological polar surface area (TPSA) is 29.9 Å². The van der Waals surface area contributed by atoms with Crippen LogP contribution in [0.5, 0.6) is 0 Å². The number of aromatic nitrogens is 2. The van der Waals surface area contributed by atoms with Gasteiger partial charge in [0.25, 0.3) is 0 Å². The van der Waals surface area contributed by atoms with Gasteiger partial charge in [-0.3, -0.25) is 4.68 Å². The highest BCUT2D eigenvalue weighted by atomic mass is 35.5. The molecule has 3 nitrogen and oxygen atoms in total. The van der Waals surface area contributed by atoms with Gasteiger partial charge in [-0.25, -0.2) is 0 Å². The van der Waals surface area contributed by atoms with Crippen LogP contribution in [0.2, 0.25) is 5.02 Å². The minimum absolute atomic E-state index is 0.335. The van der Waals surface area contributed by atoms with Gasteiger partial charge in [-0.1, -0.05) is 39.3 Å². The molecule has 1 rings (SSSR count). The van der Waals surface area contributed by atoms with E-state index in [4.69, 9.17) is 11.6 Å². The van der Waals surface area contributed by atoms with Crippen molar-refractivity contribution in [2.75, 3.05) is 7.05 Å². The van der Waals surface area contributed by atoms with Gasteiger partial charge in [0.2, 0.25) is 0 Å². The second-order valence-electron chi connectivity index (χ2n) is 6.66. The fourth-order valence-corrected chi connectivity index (χ4v) is 2.46. The summed E-state index contributed by atoms with van der Waals surface area (Å²) in [6, 6.07) is 0.432. The molecule has 0 spiro atoms. The summed E-state index contributed by atoms with van der Waals surface area (Å²) in [6.45, 7) is 11.2. The Kier molecular flexibility index (Phi) is 5.45. The normalized spacial score (nSPS) is 15.6. The largest absolute Gasteiger partial charge is 0.317 e. The van der Waals surface area contributed by atoms with Crippen LogP contribution < -0.4 is 5.32 Å². The van der Waals surface area contributed by atoms with Gasteiger partial charge in [0.15, 0.2) is 0 Å². The van der Waals surface area contributed by atoms with Gasteiger partial charge >= 0.3 is 0 Å². The van der Waals surface area contributed by atoms with Gasteiger partial charge in [0, 0.05) is 19.5 Å². The fraction of sp³-hybridized carbons (Fsp3) is 0.800. The van der Waals surface area contributed by atoms with Crippen LogP contribution in [-0.4, -0.2) is 22.9 Å². The summed E-state index contributed by atoms with van der Waals surface area (Å²) in [5.41, 5.74) is 2.37. The summed E-state index contributed by atoms with van der Waals surface area (Å²) in [7, 11) is 3.99. The van der Waals surface area contributed by atoms with Crippen molar-refractivity contribution in [3.63, 3.8) is 0 Å². The van der Waals surface area contributed by atoms with E-state index in [0.717, 1.165) is 29.3 Å². The number of halogens is 1. The molecule has 1 aromatic heterocycles. The van der Waals surface area contributed by atoms with E-state index in [2.05, 4.69) is 38.1 Å². The Morgan fingerprint density at radius 1 is 1.37 bits per heavy atom. The number of nitrogens with zero attached hydrogens (tertiary/aromatic N) is 2. The van der Waals surface area contributed by atoms with Crippen molar-refractivity contribution in [1.29, 1.82) is 0 Å². The van der Waals surface area contributed by atoms with Gasteiger partial charge < -0.3 is 5.32 Å². The molecule has 0 aliphatic rings. The first-order valence-corrected chi connectivity index (χ1v) is 7.39.